The predicted molar refractivity (Wildman–Crippen MR) is 78.7 cm³/mol. The quantitative estimate of drug-likeness (QED) is 0.795. The summed E-state index contributed by atoms with van der Waals surface area (Å²) >= 11 is 0. The Hall–Kier alpha value is -1.84. The van der Waals surface area contributed by atoms with Gasteiger partial charge in [0.15, 0.2) is 0 Å². The first-order chi connectivity index (χ1) is 9.25. The van der Waals surface area contributed by atoms with E-state index in [1.54, 1.807) is 7.05 Å². The number of carbonyl (C=O) groups is 2. The Labute approximate surface area is 120 Å². The highest BCUT2D eigenvalue weighted by molar-refractivity contribution is 5.94. The predicted octanol–water partition coefficient (Wildman–Crippen LogP) is 2.62. The molecule has 4 nitrogen and oxygen atoms in total. The van der Waals surface area contributed by atoms with Crippen LogP contribution in [0.15, 0.2) is 24.3 Å². The summed E-state index contributed by atoms with van der Waals surface area (Å²) in [5, 5.41) is 0. The van der Waals surface area contributed by atoms with Crippen molar-refractivity contribution in [2.75, 3.05) is 20.7 Å². The minimum Gasteiger partial charge on any atom is -0.469 e. The molecule has 20 heavy (non-hydrogen) atoms. The zero-order chi connectivity index (χ0) is 15.3. The second-order valence-electron chi connectivity index (χ2n) is 5.88. The molecule has 0 aliphatic heterocycles. The Morgan fingerprint density at radius 2 is 1.70 bits per heavy atom. The normalized spacial score (nSPS) is 11.1. The molecule has 0 atom stereocenters. The molecule has 0 N–H and O–H groups in total. The molecule has 0 radical (unpaired) electrons. The van der Waals surface area contributed by atoms with Crippen molar-refractivity contribution in [2.24, 2.45) is 0 Å². The first-order valence-corrected chi connectivity index (χ1v) is 6.68. The third-order valence-corrected chi connectivity index (χ3v) is 3.22. The Bertz CT molecular complexity index is 471. The van der Waals surface area contributed by atoms with Crippen LogP contribution in [-0.4, -0.2) is 37.5 Å². The standard InChI is InChI=1S/C16H23NO3/c1-16(2,3)13-8-6-12(7-9-13)15(19)17(4)11-10-14(18)20-5/h6-9H,10-11H2,1-5H3. The summed E-state index contributed by atoms with van der Waals surface area (Å²) < 4.78 is 4.56. The SMILES string of the molecule is COC(=O)CCN(C)C(=O)c1ccc(C(C)(C)C)cc1. The van der Waals surface area contributed by atoms with E-state index in [1.807, 2.05) is 24.3 Å². The molecule has 1 aromatic rings. The van der Waals surface area contributed by atoms with E-state index in [1.165, 1.54) is 17.6 Å². The van der Waals surface area contributed by atoms with Crippen molar-refractivity contribution < 1.29 is 14.3 Å². The Kier molecular flexibility index (Phi) is 5.31. The minimum atomic E-state index is -0.312. The summed E-state index contributed by atoms with van der Waals surface area (Å²) in [5.74, 6) is -0.401. The molecule has 0 aliphatic carbocycles. The third kappa shape index (κ3) is 4.37. The van der Waals surface area contributed by atoms with Gasteiger partial charge in [-0.3, -0.25) is 9.59 Å². The lowest BCUT2D eigenvalue weighted by Crippen LogP contribution is -2.29. The Morgan fingerprint density at radius 1 is 1.15 bits per heavy atom. The van der Waals surface area contributed by atoms with Crippen LogP contribution in [0.25, 0.3) is 0 Å². The number of nitrogens with zero attached hydrogens (tertiary/aromatic N) is 1. The molecule has 0 fully saturated rings. The molecule has 0 aliphatic rings. The van der Waals surface area contributed by atoms with Crippen LogP contribution in [-0.2, 0) is 14.9 Å². The average Bonchev–Trinajstić information content (AvgIpc) is 2.42. The second-order valence-corrected chi connectivity index (χ2v) is 5.88. The van der Waals surface area contributed by atoms with E-state index in [4.69, 9.17) is 0 Å². The Balaban J connectivity index is 2.70. The van der Waals surface area contributed by atoms with Crippen LogP contribution < -0.4 is 0 Å². The van der Waals surface area contributed by atoms with Gasteiger partial charge in [0.2, 0.25) is 0 Å². The zero-order valence-electron chi connectivity index (χ0n) is 12.9. The van der Waals surface area contributed by atoms with Gasteiger partial charge in [0.05, 0.1) is 13.5 Å². The molecule has 1 amide bonds. The van der Waals surface area contributed by atoms with E-state index in [0.717, 1.165) is 0 Å². The number of esters is 1. The number of hydrogen-bond acceptors (Lipinski definition) is 3. The molecule has 0 heterocycles. The second kappa shape index (κ2) is 6.55. The topological polar surface area (TPSA) is 46.6 Å². The first-order valence-electron chi connectivity index (χ1n) is 6.68. The number of ether oxygens (including phenoxy) is 1. The maximum Gasteiger partial charge on any atom is 0.307 e. The van der Waals surface area contributed by atoms with E-state index < -0.39 is 0 Å². The van der Waals surface area contributed by atoms with Gasteiger partial charge in [-0.1, -0.05) is 32.9 Å². The first kappa shape index (κ1) is 16.2. The van der Waals surface area contributed by atoms with Gasteiger partial charge in [-0.2, -0.15) is 0 Å². The lowest BCUT2D eigenvalue weighted by atomic mass is 9.86. The van der Waals surface area contributed by atoms with Gasteiger partial charge < -0.3 is 9.64 Å². The molecular weight excluding hydrogens is 254 g/mol. The molecule has 0 bridgehead atoms. The number of rotatable bonds is 4. The Morgan fingerprint density at radius 3 is 2.15 bits per heavy atom. The van der Waals surface area contributed by atoms with E-state index in [2.05, 4.69) is 25.5 Å². The van der Waals surface area contributed by atoms with Crippen molar-refractivity contribution in [3.63, 3.8) is 0 Å². The van der Waals surface area contributed by atoms with Crippen LogP contribution in [0.2, 0.25) is 0 Å². The third-order valence-electron chi connectivity index (χ3n) is 3.22. The van der Waals surface area contributed by atoms with Crippen LogP contribution in [0.4, 0.5) is 0 Å². The van der Waals surface area contributed by atoms with Crippen LogP contribution in [0.1, 0.15) is 43.1 Å². The fourth-order valence-corrected chi connectivity index (χ4v) is 1.80. The van der Waals surface area contributed by atoms with Crippen molar-refractivity contribution in [3.8, 4) is 0 Å². The van der Waals surface area contributed by atoms with E-state index in [-0.39, 0.29) is 23.7 Å². The van der Waals surface area contributed by atoms with Gasteiger partial charge in [0.25, 0.3) is 5.91 Å². The molecule has 1 aromatic carbocycles. The number of amides is 1. The van der Waals surface area contributed by atoms with Crippen LogP contribution in [0.3, 0.4) is 0 Å². The van der Waals surface area contributed by atoms with Crippen molar-refractivity contribution in [2.45, 2.75) is 32.6 Å². The summed E-state index contributed by atoms with van der Waals surface area (Å²) in [6, 6.07) is 7.61. The average molecular weight is 277 g/mol. The van der Waals surface area contributed by atoms with Gasteiger partial charge in [-0.15, -0.1) is 0 Å². The summed E-state index contributed by atoms with van der Waals surface area (Å²) in [7, 11) is 3.03. The number of hydrogen-bond donors (Lipinski definition) is 0. The lowest BCUT2D eigenvalue weighted by molar-refractivity contribution is -0.140. The maximum atomic E-state index is 12.2. The summed E-state index contributed by atoms with van der Waals surface area (Å²) in [5.41, 5.74) is 1.88. The highest BCUT2D eigenvalue weighted by Gasteiger charge is 2.16. The van der Waals surface area contributed by atoms with Gasteiger partial charge in [-0.05, 0) is 23.1 Å². The van der Waals surface area contributed by atoms with Crippen LogP contribution in [0, 0.1) is 0 Å². The van der Waals surface area contributed by atoms with Gasteiger partial charge in [0.1, 0.15) is 0 Å². The number of benzene rings is 1. The fourth-order valence-electron chi connectivity index (χ4n) is 1.80. The van der Waals surface area contributed by atoms with Crippen molar-refractivity contribution >= 4 is 11.9 Å². The smallest absolute Gasteiger partial charge is 0.307 e. The van der Waals surface area contributed by atoms with Crippen LogP contribution in [0.5, 0.6) is 0 Å². The number of carbonyl (C=O) groups excluding carboxylic acids is 2. The minimum absolute atomic E-state index is 0.0678. The highest BCUT2D eigenvalue weighted by Crippen LogP contribution is 2.22. The molecule has 0 saturated carbocycles. The monoisotopic (exact) mass is 277 g/mol. The lowest BCUT2D eigenvalue weighted by Gasteiger charge is -2.20. The zero-order valence-corrected chi connectivity index (χ0v) is 12.9. The van der Waals surface area contributed by atoms with Gasteiger partial charge >= 0.3 is 5.97 Å². The molecule has 110 valence electrons. The van der Waals surface area contributed by atoms with Gasteiger partial charge in [-0.25, -0.2) is 0 Å². The molecular formula is C16H23NO3. The van der Waals surface area contributed by atoms with Crippen molar-refractivity contribution in [1.29, 1.82) is 0 Å². The van der Waals surface area contributed by atoms with Gasteiger partial charge in [0, 0.05) is 19.2 Å². The molecule has 0 aromatic heterocycles. The molecule has 0 unspecified atom stereocenters. The maximum absolute atomic E-state index is 12.2. The van der Waals surface area contributed by atoms with E-state index in [0.29, 0.717) is 12.1 Å². The summed E-state index contributed by atoms with van der Waals surface area (Å²) in [6.07, 6.45) is 0.207. The van der Waals surface area contributed by atoms with E-state index >= 15 is 0 Å². The number of methoxy groups -OCH3 is 1. The molecule has 1 rings (SSSR count). The van der Waals surface area contributed by atoms with Crippen molar-refractivity contribution in [3.05, 3.63) is 35.4 Å². The fraction of sp³-hybridized carbons (Fsp3) is 0.500. The molecule has 0 spiro atoms. The van der Waals surface area contributed by atoms with Crippen molar-refractivity contribution in [1.82, 2.24) is 4.90 Å². The summed E-state index contributed by atoms with van der Waals surface area (Å²) in [6.45, 7) is 6.75. The largest absolute Gasteiger partial charge is 0.469 e. The molecule has 0 saturated heterocycles. The molecule has 4 heteroatoms. The summed E-state index contributed by atoms with van der Waals surface area (Å²) in [4.78, 5) is 24.8. The van der Waals surface area contributed by atoms with E-state index in [9.17, 15) is 9.59 Å². The highest BCUT2D eigenvalue weighted by atomic mass is 16.5. The van der Waals surface area contributed by atoms with Crippen LogP contribution >= 0.6 is 0 Å².